The third-order valence-electron chi connectivity index (χ3n) is 2.52. The molecule has 0 spiro atoms. The predicted octanol–water partition coefficient (Wildman–Crippen LogP) is 2.85. The summed E-state index contributed by atoms with van der Waals surface area (Å²) in [5.41, 5.74) is 1.95. The van der Waals surface area contributed by atoms with Gasteiger partial charge in [-0.2, -0.15) is 5.10 Å². The van der Waals surface area contributed by atoms with Gasteiger partial charge < -0.3 is 5.11 Å². The predicted molar refractivity (Wildman–Crippen MR) is 70.8 cm³/mol. The Morgan fingerprint density at radius 2 is 1.89 bits per heavy atom. The number of rotatable bonds is 4. The summed E-state index contributed by atoms with van der Waals surface area (Å²) in [4.78, 5) is 5.40. The van der Waals surface area contributed by atoms with Crippen molar-refractivity contribution in [3.05, 3.63) is 35.7 Å². The molecule has 0 aliphatic rings. The van der Waals surface area contributed by atoms with Crippen LogP contribution in [0.1, 0.15) is 25.2 Å². The molecule has 0 bridgehead atoms. The van der Waals surface area contributed by atoms with E-state index in [2.05, 4.69) is 22.1 Å². The summed E-state index contributed by atoms with van der Waals surface area (Å²) in [7, 11) is 0. The van der Waals surface area contributed by atoms with E-state index in [1.165, 1.54) is 11.8 Å². The number of hydrogen-bond acceptors (Lipinski definition) is 5. The fourth-order valence-corrected chi connectivity index (χ4v) is 2.39. The van der Waals surface area contributed by atoms with E-state index in [1.807, 2.05) is 13.0 Å². The van der Waals surface area contributed by atoms with Crippen molar-refractivity contribution in [1.82, 2.24) is 15.2 Å². The van der Waals surface area contributed by atoms with E-state index in [0.29, 0.717) is 5.16 Å². The third kappa shape index (κ3) is 2.98. The van der Waals surface area contributed by atoms with Gasteiger partial charge in [-0.1, -0.05) is 19.9 Å². The molecule has 2 rings (SSSR count). The average Bonchev–Trinajstić information content (AvgIpc) is 2.38. The molecule has 4 nitrogen and oxygen atoms in total. The number of phenols is 1. The van der Waals surface area contributed by atoms with Crippen molar-refractivity contribution >= 4 is 11.8 Å². The Balaban J connectivity index is 2.24. The van der Waals surface area contributed by atoms with Gasteiger partial charge >= 0.3 is 0 Å². The van der Waals surface area contributed by atoms with Crippen LogP contribution in [0, 0.1) is 0 Å². The van der Waals surface area contributed by atoms with Crippen LogP contribution < -0.4 is 0 Å². The molecule has 0 radical (unpaired) electrons. The van der Waals surface area contributed by atoms with Gasteiger partial charge in [-0.25, -0.2) is 4.98 Å². The summed E-state index contributed by atoms with van der Waals surface area (Å²) in [6.45, 7) is 4.11. The van der Waals surface area contributed by atoms with E-state index in [4.69, 9.17) is 0 Å². The van der Waals surface area contributed by atoms with Crippen molar-refractivity contribution in [2.24, 2.45) is 0 Å². The molecular weight excluding hydrogens is 246 g/mol. The average molecular weight is 261 g/mol. The number of nitrogens with zero attached hydrogens (tertiary/aromatic N) is 3. The molecule has 18 heavy (non-hydrogen) atoms. The molecule has 0 saturated carbocycles. The number of aromatic nitrogens is 3. The smallest absolute Gasteiger partial charge is 0.214 e. The lowest BCUT2D eigenvalue weighted by atomic mass is 10.2. The summed E-state index contributed by atoms with van der Waals surface area (Å²) >= 11 is 1.41. The second kappa shape index (κ2) is 5.82. The summed E-state index contributed by atoms with van der Waals surface area (Å²) in [6.07, 6.45) is 1.70. The van der Waals surface area contributed by atoms with Crippen LogP contribution in [-0.2, 0) is 12.8 Å². The maximum absolute atomic E-state index is 9.40. The maximum atomic E-state index is 9.40. The molecule has 1 aromatic carbocycles. The van der Waals surface area contributed by atoms with Gasteiger partial charge in [0.05, 0.1) is 11.4 Å². The van der Waals surface area contributed by atoms with Crippen molar-refractivity contribution in [2.75, 3.05) is 0 Å². The van der Waals surface area contributed by atoms with E-state index in [-0.39, 0.29) is 5.75 Å². The number of aromatic hydroxyl groups is 1. The van der Waals surface area contributed by atoms with Crippen LogP contribution in [0.25, 0.3) is 0 Å². The highest BCUT2D eigenvalue weighted by atomic mass is 32.2. The third-order valence-corrected chi connectivity index (χ3v) is 3.36. The van der Waals surface area contributed by atoms with Crippen molar-refractivity contribution in [3.8, 4) is 5.75 Å². The van der Waals surface area contributed by atoms with Crippen molar-refractivity contribution in [3.63, 3.8) is 0 Å². The fourth-order valence-electron chi connectivity index (χ4n) is 1.62. The van der Waals surface area contributed by atoms with Crippen molar-refractivity contribution in [1.29, 1.82) is 0 Å². The molecule has 0 atom stereocenters. The Morgan fingerprint density at radius 1 is 1.11 bits per heavy atom. The molecule has 1 aromatic heterocycles. The first-order valence-electron chi connectivity index (χ1n) is 5.92. The van der Waals surface area contributed by atoms with Crippen LogP contribution in [0.4, 0.5) is 0 Å². The van der Waals surface area contributed by atoms with Gasteiger partial charge in [0.25, 0.3) is 0 Å². The van der Waals surface area contributed by atoms with Gasteiger partial charge in [0, 0.05) is 4.90 Å². The van der Waals surface area contributed by atoms with Gasteiger partial charge in [0.15, 0.2) is 0 Å². The minimum atomic E-state index is 0.244. The van der Waals surface area contributed by atoms with E-state index in [0.717, 1.165) is 29.1 Å². The summed E-state index contributed by atoms with van der Waals surface area (Å²) in [5, 5.41) is 18.3. The molecule has 5 heteroatoms. The molecule has 1 heterocycles. The topological polar surface area (TPSA) is 58.9 Å². The Bertz CT molecular complexity index is 546. The summed E-state index contributed by atoms with van der Waals surface area (Å²) in [6, 6.07) is 7.04. The molecule has 94 valence electrons. The SMILES string of the molecule is CCc1nnc(Sc2cccc(O)c2)nc1CC. The van der Waals surface area contributed by atoms with Gasteiger partial charge in [-0.05, 0) is 42.8 Å². The molecule has 0 saturated heterocycles. The number of hydrogen-bond donors (Lipinski definition) is 1. The van der Waals surface area contributed by atoms with Gasteiger partial charge in [0.2, 0.25) is 5.16 Å². The first kappa shape index (κ1) is 12.8. The molecule has 0 aliphatic carbocycles. The van der Waals surface area contributed by atoms with Crippen LogP contribution in [0.3, 0.4) is 0 Å². The minimum Gasteiger partial charge on any atom is -0.508 e. The lowest BCUT2D eigenvalue weighted by molar-refractivity contribution is 0.474. The van der Waals surface area contributed by atoms with Crippen LogP contribution in [0.15, 0.2) is 34.3 Å². The minimum absolute atomic E-state index is 0.244. The number of phenolic OH excluding ortho intramolecular Hbond substituents is 1. The van der Waals surface area contributed by atoms with Gasteiger partial charge in [-0.3, -0.25) is 0 Å². The monoisotopic (exact) mass is 261 g/mol. The molecule has 1 N–H and O–H groups in total. The number of benzene rings is 1. The van der Waals surface area contributed by atoms with E-state index in [1.54, 1.807) is 18.2 Å². The summed E-state index contributed by atoms with van der Waals surface area (Å²) in [5.74, 6) is 0.244. The zero-order chi connectivity index (χ0) is 13.0. The Hall–Kier alpha value is -1.62. The second-order valence-electron chi connectivity index (χ2n) is 3.79. The Labute approximate surface area is 110 Å². The highest BCUT2D eigenvalue weighted by Gasteiger charge is 2.07. The lowest BCUT2D eigenvalue weighted by Crippen LogP contribution is -2.03. The van der Waals surface area contributed by atoms with Crippen LogP contribution >= 0.6 is 11.8 Å². The van der Waals surface area contributed by atoms with Crippen LogP contribution in [0.2, 0.25) is 0 Å². The highest BCUT2D eigenvalue weighted by molar-refractivity contribution is 7.99. The van der Waals surface area contributed by atoms with Crippen molar-refractivity contribution < 1.29 is 5.11 Å². The maximum Gasteiger partial charge on any atom is 0.214 e. The van der Waals surface area contributed by atoms with E-state index in [9.17, 15) is 5.11 Å². The molecule has 0 unspecified atom stereocenters. The normalized spacial score (nSPS) is 10.6. The summed E-state index contributed by atoms with van der Waals surface area (Å²) < 4.78 is 0. The molecule has 0 aliphatic heterocycles. The highest BCUT2D eigenvalue weighted by Crippen LogP contribution is 2.27. The first-order chi connectivity index (χ1) is 8.72. The van der Waals surface area contributed by atoms with Gasteiger partial charge in [0.1, 0.15) is 5.75 Å². The standard InChI is InChI=1S/C13H15N3OS/c1-3-11-12(4-2)15-16-13(14-11)18-10-7-5-6-9(17)8-10/h5-8,17H,3-4H2,1-2H3. The quantitative estimate of drug-likeness (QED) is 0.917. The zero-order valence-electron chi connectivity index (χ0n) is 10.4. The molecular formula is C13H15N3OS. The Kier molecular flexibility index (Phi) is 4.15. The van der Waals surface area contributed by atoms with Crippen LogP contribution in [0.5, 0.6) is 5.75 Å². The van der Waals surface area contributed by atoms with Gasteiger partial charge in [-0.15, -0.1) is 5.10 Å². The van der Waals surface area contributed by atoms with E-state index >= 15 is 0 Å². The fraction of sp³-hybridized carbons (Fsp3) is 0.308. The zero-order valence-corrected chi connectivity index (χ0v) is 11.2. The molecule has 2 aromatic rings. The lowest BCUT2D eigenvalue weighted by Gasteiger charge is -2.05. The first-order valence-corrected chi connectivity index (χ1v) is 6.74. The molecule has 0 fully saturated rings. The van der Waals surface area contributed by atoms with Crippen molar-refractivity contribution in [2.45, 2.75) is 36.7 Å². The van der Waals surface area contributed by atoms with Crippen LogP contribution in [-0.4, -0.2) is 20.3 Å². The molecule has 0 amide bonds. The number of aryl methyl sites for hydroxylation is 2. The largest absolute Gasteiger partial charge is 0.508 e. The second-order valence-corrected chi connectivity index (χ2v) is 4.83. The Morgan fingerprint density at radius 3 is 2.56 bits per heavy atom. The van der Waals surface area contributed by atoms with E-state index < -0.39 is 0 Å².